The van der Waals surface area contributed by atoms with Crippen molar-refractivity contribution in [2.24, 2.45) is 0 Å². The molecule has 3 amide bonds. The molecule has 0 saturated carbocycles. The molecular weight excluding hydrogens is 434 g/mol. The fourth-order valence-electron chi connectivity index (χ4n) is 2.60. The fraction of sp³-hybridized carbons (Fsp3) is 0.105. The van der Waals surface area contributed by atoms with Crippen LogP contribution in [0.3, 0.4) is 0 Å². The van der Waals surface area contributed by atoms with E-state index in [1.165, 1.54) is 31.4 Å². The Morgan fingerprint density at radius 2 is 1.97 bits per heavy atom. The number of ether oxygens (including phenoxy) is 1. The summed E-state index contributed by atoms with van der Waals surface area (Å²) in [6.45, 7) is -0.475. The monoisotopic (exact) mass is 447 g/mol. The molecule has 2 aromatic rings. The number of nitro benzene ring substituents is 1. The van der Waals surface area contributed by atoms with Crippen molar-refractivity contribution in [2.75, 3.05) is 19.0 Å². The Kier molecular flexibility index (Phi) is 6.38. The molecule has 1 heterocycles. The number of rotatable bonds is 6. The number of benzene rings is 2. The third kappa shape index (κ3) is 4.78. The number of hydrogen-bond donors (Lipinski definition) is 1. The van der Waals surface area contributed by atoms with Crippen LogP contribution >= 0.6 is 23.4 Å². The third-order valence-corrected chi connectivity index (χ3v) is 5.17. The van der Waals surface area contributed by atoms with Crippen LogP contribution in [0.25, 0.3) is 6.08 Å². The summed E-state index contributed by atoms with van der Waals surface area (Å²) in [5.41, 5.74) is 0.541. The summed E-state index contributed by atoms with van der Waals surface area (Å²) in [5.74, 6) is -0.938. The van der Waals surface area contributed by atoms with Gasteiger partial charge in [-0.2, -0.15) is 0 Å². The highest BCUT2D eigenvalue weighted by Crippen LogP contribution is 2.35. The second-order valence-corrected chi connectivity index (χ2v) is 7.44. The first-order valence-electron chi connectivity index (χ1n) is 8.41. The maximum atomic E-state index is 12.6. The molecule has 1 aliphatic rings. The number of nitrogens with one attached hydrogen (secondary N) is 1. The lowest BCUT2D eigenvalue weighted by atomic mass is 10.1. The summed E-state index contributed by atoms with van der Waals surface area (Å²) in [7, 11) is 1.38. The minimum atomic E-state index is -0.676. The quantitative estimate of drug-likeness (QED) is 0.404. The second kappa shape index (κ2) is 8.97. The van der Waals surface area contributed by atoms with Crippen LogP contribution in [0.4, 0.5) is 16.2 Å². The summed E-state index contributed by atoms with van der Waals surface area (Å²) < 4.78 is 5.16. The SMILES string of the molecule is COc1ccc([N+](=O)[O-])cc1/C=C1/SC(=O)N(CC(=O)Nc2ccc(Cl)cc2)C1=O. The molecule has 3 rings (SSSR count). The lowest BCUT2D eigenvalue weighted by molar-refractivity contribution is -0.384. The number of halogens is 1. The van der Waals surface area contributed by atoms with E-state index in [4.69, 9.17) is 16.3 Å². The molecule has 0 radical (unpaired) electrons. The molecule has 154 valence electrons. The predicted molar refractivity (Wildman–Crippen MR) is 112 cm³/mol. The number of methoxy groups -OCH3 is 1. The van der Waals surface area contributed by atoms with Crippen molar-refractivity contribution in [1.29, 1.82) is 0 Å². The Morgan fingerprint density at radius 3 is 2.60 bits per heavy atom. The molecule has 0 bridgehead atoms. The number of nitrogens with zero attached hydrogens (tertiary/aromatic N) is 2. The van der Waals surface area contributed by atoms with Crippen LogP contribution < -0.4 is 10.1 Å². The molecule has 1 fully saturated rings. The zero-order valence-corrected chi connectivity index (χ0v) is 17.0. The standard InChI is InChI=1S/C19H14ClN3O6S/c1-29-15-7-6-14(23(27)28)8-11(15)9-16-18(25)22(19(26)30-16)10-17(24)21-13-4-2-12(20)3-5-13/h2-9H,10H2,1H3,(H,21,24)/b16-9+. The van der Waals surface area contributed by atoms with Crippen LogP contribution in [0.2, 0.25) is 5.02 Å². The van der Waals surface area contributed by atoms with Crippen LogP contribution in [0.1, 0.15) is 5.56 Å². The minimum absolute atomic E-state index is 0.0260. The predicted octanol–water partition coefficient (Wildman–Crippen LogP) is 3.93. The summed E-state index contributed by atoms with van der Waals surface area (Å²) >= 11 is 6.43. The van der Waals surface area contributed by atoms with E-state index in [0.29, 0.717) is 28.2 Å². The van der Waals surface area contributed by atoms with Crippen molar-refractivity contribution >= 4 is 57.9 Å². The molecule has 0 spiro atoms. The first kappa shape index (κ1) is 21.3. The zero-order chi connectivity index (χ0) is 21.8. The van der Waals surface area contributed by atoms with Gasteiger partial charge in [0.25, 0.3) is 16.8 Å². The molecule has 0 atom stereocenters. The van der Waals surface area contributed by atoms with E-state index in [1.807, 2.05) is 0 Å². The van der Waals surface area contributed by atoms with Crippen molar-refractivity contribution < 1.29 is 24.0 Å². The van der Waals surface area contributed by atoms with E-state index in [-0.39, 0.29) is 16.2 Å². The van der Waals surface area contributed by atoms with Gasteiger partial charge < -0.3 is 10.1 Å². The van der Waals surface area contributed by atoms with E-state index in [0.717, 1.165) is 4.90 Å². The van der Waals surface area contributed by atoms with Gasteiger partial charge >= 0.3 is 0 Å². The number of non-ortho nitro benzene ring substituents is 1. The van der Waals surface area contributed by atoms with E-state index in [1.54, 1.807) is 24.3 Å². The Hall–Kier alpha value is -3.37. The number of thioether (sulfide) groups is 1. The first-order valence-corrected chi connectivity index (χ1v) is 9.61. The Labute approximate surface area is 179 Å². The van der Waals surface area contributed by atoms with Gasteiger partial charge in [0.05, 0.1) is 16.9 Å². The molecule has 1 saturated heterocycles. The summed E-state index contributed by atoms with van der Waals surface area (Å²) in [6.07, 6.45) is 1.33. The van der Waals surface area contributed by atoms with Gasteiger partial charge in [0.1, 0.15) is 12.3 Å². The largest absolute Gasteiger partial charge is 0.496 e. The molecule has 0 unspecified atom stereocenters. The average molecular weight is 448 g/mol. The van der Waals surface area contributed by atoms with Crippen LogP contribution in [-0.4, -0.2) is 40.5 Å². The maximum absolute atomic E-state index is 12.6. The number of carbonyl (C=O) groups is 3. The highest BCUT2D eigenvalue weighted by Gasteiger charge is 2.36. The zero-order valence-electron chi connectivity index (χ0n) is 15.5. The molecule has 2 aromatic carbocycles. The number of nitro groups is 1. The van der Waals surface area contributed by atoms with Crippen molar-refractivity contribution in [2.45, 2.75) is 0 Å². The van der Waals surface area contributed by atoms with E-state index in [2.05, 4.69) is 5.32 Å². The van der Waals surface area contributed by atoms with Crippen molar-refractivity contribution in [3.05, 3.63) is 68.1 Å². The smallest absolute Gasteiger partial charge is 0.294 e. The third-order valence-electron chi connectivity index (χ3n) is 4.01. The van der Waals surface area contributed by atoms with Gasteiger partial charge in [0, 0.05) is 28.4 Å². The van der Waals surface area contributed by atoms with Crippen molar-refractivity contribution in [1.82, 2.24) is 4.90 Å². The Morgan fingerprint density at radius 1 is 1.27 bits per heavy atom. The van der Waals surface area contributed by atoms with Crippen LogP contribution in [0.5, 0.6) is 5.75 Å². The number of carbonyl (C=O) groups excluding carboxylic acids is 3. The second-order valence-electron chi connectivity index (χ2n) is 6.01. The summed E-state index contributed by atoms with van der Waals surface area (Å²) in [6, 6.07) is 10.3. The number of imide groups is 1. The molecule has 1 N–H and O–H groups in total. The highest BCUT2D eigenvalue weighted by atomic mass is 35.5. The fourth-order valence-corrected chi connectivity index (χ4v) is 3.56. The molecule has 11 heteroatoms. The van der Waals surface area contributed by atoms with Gasteiger partial charge in [-0.05, 0) is 48.2 Å². The van der Waals surface area contributed by atoms with Crippen molar-refractivity contribution in [3.8, 4) is 5.75 Å². The summed E-state index contributed by atoms with van der Waals surface area (Å²) in [5, 5.41) is 13.5. The van der Waals surface area contributed by atoms with E-state index < -0.39 is 28.5 Å². The van der Waals surface area contributed by atoms with Gasteiger partial charge in [0.15, 0.2) is 0 Å². The molecular formula is C19H14ClN3O6S. The Balaban J connectivity index is 1.77. The highest BCUT2D eigenvalue weighted by molar-refractivity contribution is 8.18. The van der Waals surface area contributed by atoms with E-state index in [9.17, 15) is 24.5 Å². The lowest BCUT2D eigenvalue weighted by Crippen LogP contribution is -2.36. The topological polar surface area (TPSA) is 119 Å². The lowest BCUT2D eigenvalue weighted by Gasteiger charge is -2.12. The van der Waals surface area contributed by atoms with Gasteiger partial charge in [-0.1, -0.05) is 11.6 Å². The molecule has 9 nitrogen and oxygen atoms in total. The van der Waals surface area contributed by atoms with Crippen LogP contribution in [-0.2, 0) is 9.59 Å². The van der Waals surface area contributed by atoms with Crippen molar-refractivity contribution in [3.63, 3.8) is 0 Å². The van der Waals surface area contributed by atoms with Gasteiger partial charge in [-0.25, -0.2) is 0 Å². The molecule has 1 aliphatic heterocycles. The van der Waals surface area contributed by atoms with Gasteiger partial charge in [-0.3, -0.25) is 29.4 Å². The minimum Gasteiger partial charge on any atom is -0.496 e. The first-order chi connectivity index (χ1) is 14.3. The Bertz CT molecular complexity index is 1070. The number of hydrogen-bond acceptors (Lipinski definition) is 7. The maximum Gasteiger partial charge on any atom is 0.294 e. The summed E-state index contributed by atoms with van der Waals surface area (Å²) in [4.78, 5) is 48.3. The average Bonchev–Trinajstić information content (AvgIpc) is 2.97. The van der Waals surface area contributed by atoms with Crippen LogP contribution in [0, 0.1) is 10.1 Å². The van der Waals surface area contributed by atoms with Gasteiger partial charge in [0.2, 0.25) is 5.91 Å². The number of amides is 3. The normalized spacial score (nSPS) is 14.9. The molecule has 0 aromatic heterocycles. The van der Waals surface area contributed by atoms with Crippen LogP contribution in [0.15, 0.2) is 47.4 Å². The van der Waals surface area contributed by atoms with Gasteiger partial charge in [-0.15, -0.1) is 0 Å². The molecule has 30 heavy (non-hydrogen) atoms. The van der Waals surface area contributed by atoms with E-state index >= 15 is 0 Å². The number of anilines is 1. The molecule has 0 aliphatic carbocycles.